The van der Waals surface area contributed by atoms with Gasteiger partial charge in [0.2, 0.25) is 10.0 Å². The summed E-state index contributed by atoms with van der Waals surface area (Å²) in [6.07, 6.45) is 1.73. The molecule has 0 saturated carbocycles. The van der Waals surface area contributed by atoms with Gasteiger partial charge in [0, 0.05) is 32.2 Å². The van der Waals surface area contributed by atoms with Gasteiger partial charge in [-0.25, -0.2) is 17.8 Å². The minimum atomic E-state index is -3.24. The summed E-state index contributed by atoms with van der Waals surface area (Å²) in [6, 6.07) is 2.60. The number of nitrogens with one attached hydrogen (secondary N) is 1. The Labute approximate surface area is 116 Å². The second-order valence-electron chi connectivity index (χ2n) is 4.61. The van der Waals surface area contributed by atoms with Crippen LogP contribution in [-0.2, 0) is 10.0 Å². The van der Waals surface area contributed by atoms with E-state index in [0.29, 0.717) is 26.1 Å². The van der Waals surface area contributed by atoms with Crippen LogP contribution in [0.15, 0.2) is 16.9 Å². The van der Waals surface area contributed by atoms with Crippen molar-refractivity contribution >= 4 is 15.9 Å². The molecule has 0 radical (unpaired) electrons. The highest BCUT2D eigenvalue weighted by atomic mass is 32.2. The lowest BCUT2D eigenvalue weighted by Gasteiger charge is -2.20. The number of sulfonamides is 1. The molecule has 1 aliphatic heterocycles. The molecule has 1 aromatic heterocycles. The standard InChI is InChI=1S/C11H16N4O4S/c1-20(18,19)15-6-2-5-14(7-8-15)11(17)9-3-4-10(16)13-12-9/h3-4H,2,5-8H2,1H3,(H,13,16). The Bertz CT molecular complexity index is 634. The van der Waals surface area contributed by atoms with Crippen molar-refractivity contribution in [3.63, 3.8) is 0 Å². The molecule has 0 aromatic carbocycles. The fourth-order valence-electron chi connectivity index (χ4n) is 2.05. The van der Waals surface area contributed by atoms with Gasteiger partial charge in [0.15, 0.2) is 0 Å². The van der Waals surface area contributed by atoms with Crippen LogP contribution in [0.5, 0.6) is 0 Å². The predicted octanol–water partition coefficient (Wildman–Crippen LogP) is -1.12. The van der Waals surface area contributed by atoms with Crippen LogP contribution in [0.3, 0.4) is 0 Å². The van der Waals surface area contributed by atoms with E-state index in [0.717, 1.165) is 6.26 Å². The average Bonchev–Trinajstić information content (AvgIpc) is 2.64. The quantitative estimate of drug-likeness (QED) is 0.745. The van der Waals surface area contributed by atoms with Crippen LogP contribution in [0.4, 0.5) is 0 Å². The largest absolute Gasteiger partial charge is 0.336 e. The summed E-state index contributed by atoms with van der Waals surface area (Å²) < 4.78 is 24.3. The van der Waals surface area contributed by atoms with Crippen molar-refractivity contribution in [2.24, 2.45) is 0 Å². The molecule has 2 rings (SSSR count). The summed E-state index contributed by atoms with van der Waals surface area (Å²) in [4.78, 5) is 24.7. The first-order chi connectivity index (χ1) is 9.38. The highest BCUT2D eigenvalue weighted by Gasteiger charge is 2.24. The minimum Gasteiger partial charge on any atom is -0.336 e. The van der Waals surface area contributed by atoms with Gasteiger partial charge < -0.3 is 4.90 Å². The lowest BCUT2D eigenvalue weighted by molar-refractivity contribution is 0.0757. The number of carbonyl (C=O) groups is 1. The SMILES string of the molecule is CS(=O)(=O)N1CCCN(C(=O)c2ccc(=O)[nH]n2)CC1. The number of nitrogens with zero attached hydrogens (tertiary/aromatic N) is 3. The first kappa shape index (κ1) is 14.7. The molecule has 0 atom stereocenters. The molecule has 1 saturated heterocycles. The van der Waals surface area contributed by atoms with Crippen molar-refractivity contribution in [3.05, 3.63) is 28.2 Å². The van der Waals surface area contributed by atoms with Crippen LogP contribution in [0.2, 0.25) is 0 Å². The Morgan fingerprint density at radius 3 is 2.60 bits per heavy atom. The lowest BCUT2D eigenvalue weighted by atomic mass is 10.3. The van der Waals surface area contributed by atoms with Crippen molar-refractivity contribution in [3.8, 4) is 0 Å². The van der Waals surface area contributed by atoms with Gasteiger partial charge in [-0.3, -0.25) is 9.59 Å². The van der Waals surface area contributed by atoms with Crippen molar-refractivity contribution in [2.45, 2.75) is 6.42 Å². The highest BCUT2D eigenvalue weighted by Crippen LogP contribution is 2.09. The molecule has 0 unspecified atom stereocenters. The summed E-state index contributed by atoms with van der Waals surface area (Å²) in [5, 5.41) is 5.90. The number of H-pyrrole nitrogens is 1. The van der Waals surface area contributed by atoms with Crippen molar-refractivity contribution in [1.29, 1.82) is 0 Å². The third kappa shape index (κ3) is 3.42. The molecule has 9 heteroatoms. The van der Waals surface area contributed by atoms with E-state index in [2.05, 4.69) is 10.2 Å². The summed E-state index contributed by atoms with van der Waals surface area (Å²) in [7, 11) is -3.24. The Balaban J connectivity index is 2.09. The number of aromatic nitrogens is 2. The van der Waals surface area contributed by atoms with Gasteiger partial charge in [0.25, 0.3) is 11.5 Å². The van der Waals surface area contributed by atoms with E-state index in [1.165, 1.54) is 16.4 Å². The molecular formula is C11H16N4O4S. The van der Waals surface area contributed by atoms with Gasteiger partial charge in [0.1, 0.15) is 5.69 Å². The van der Waals surface area contributed by atoms with E-state index >= 15 is 0 Å². The number of hydrogen-bond acceptors (Lipinski definition) is 5. The molecule has 1 fully saturated rings. The maximum atomic E-state index is 12.2. The first-order valence-electron chi connectivity index (χ1n) is 6.18. The maximum absolute atomic E-state index is 12.2. The first-order valence-corrected chi connectivity index (χ1v) is 8.03. The molecule has 2 heterocycles. The van der Waals surface area contributed by atoms with Crippen molar-refractivity contribution in [1.82, 2.24) is 19.4 Å². The molecule has 1 aromatic rings. The zero-order valence-electron chi connectivity index (χ0n) is 11.1. The van der Waals surface area contributed by atoms with Crippen LogP contribution in [0.1, 0.15) is 16.9 Å². The van der Waals surface area contributed by atoms with E-state index in [4.69, 9.17) is 0 Å². The van der Waals surface area contributed by atoms with Gasteiger partial charge >= 0.3 is 0 Å². The Morgan fingerprint density at radius 2 is 2.00 bits per heavy atom. The Morgan fingerprint density at radius 1 is 1.25 bits per heavy atom. The second-order valence-corrected chi connectivity index (χ2v) is 6.60. The summed E-state index contributed by atoms with van der Waals surface area (Å²) in [6.45, 7) is 1.45. The number of rotatable bonds is 2. The molecule has 8 nitrogen and oxygen atoms in total. The van der Waals surface area contributed by atoms with Gasteiger partial charge in [-0.15, -0.1) is 0 Å². The lowest BCUT2D eigenvalue weighted by Crippen LogP contribution is -2.37. The van der Waals surface area contributed by atoms with Gasteiger partial charge in [-0.1, -0.05) is 0 Å². The molecule has 110 valence electrons. The number of carbonyl (C=O) groups excluding carboxylic acids is 1. The zero-order valence-corrected chi connectivity index (χ0v) is 11.9. The molecule has 0 bridgehead atoms. The fraction of sp³-hybridized carbons (Fsp3) is 0.545. The molecule has 0 aliphatic carbocycles. The van der Waals surface area contributed by atoms with Crippen molar-refractivity contribution in [2.75, 3.05) is 32.4 Å². The van der Waals surface area contributed by atoms with Crippen LogP contribution >= 0.6 is 0 Å². The molecule has 20 heavy (non-hydrogen) atoms. The zero-order chi connectivity index (χ0) is 14.8. The highest BCUT2D eigenvalue weighted by molar-refractivity contribution is 7.88. The smallest absolute Gasteiger partial charge is 0.274 e. The molecule has 1 N–H and O–H groups in total. The van der Waals surface area contributed by atoms with E-state index < -0.39 is 10.0 Å². The summed E-state index contributed by atoms with van der Waals surface area (Å²) in [5.74, 6) is -0.309. The van der Waals surface area contributed by atoms with E-state index in [-0.39, 0.29) is 23.7 Å². The van der Waals surface area contributed by atoms with Gasteiger partial charge in [0.05, 0.1) is 6.26 Å². The predicted molar refractivity (Wildman–Crippen MR) is 71.8 cm³/mol. The number of aromatic amines is 1. The van der Waals surface area contributed by atoms with E-state index in [1.807, 2.05) is 0 Å². The molecular weight excluding hydrogens is 284 g/mol. The van der Waals surface area contributed by atoms with Crippen LogP contribution in [0.25, 0.3) is 0 Å². The topological polar surface area (TPSA) is 103 Å². The van der Waals surface area contributed by atoms with Crippen LogP contribution in [0, 0.1) is 0 Å². The number of amides is 1. The van der Waals surface area contributed by atoms with E-state index in [1.54, 1.807) is 4.90 Å². The Kier molecular flexibility index (Phi) is 4.19. The normalized spacial score (nSPS) is 17.8. The van der Waals surface area contributed by atoms with Crippen LogP contribution < -0.4 is 5.56 Å². The third-order valence-corrected chi connectivity index (χ3v) is 4.41. The maximum Gasteiger partial charge on any atom is 0.274 e. The van der Waals surface area contributed by atoms with Gasteiger partial charge in [-0.05, 0) is 12.5 Å². The molecule has 0 spiro atoms. The summed E-state index contributed by atoms with van der Waals surface area (Å²) in [5.41, 5.74) is -0.224. The fourth-order valence-corrected chi connectivity index (χ4v) is 2.93. The number of hydrogen-bond donors (Lipinski definition) is 1. The van der Waals surface area contributed by atoms with Crippen LogP contribution in [-0.4, -0.2) is 66.2 Å². The second kappa shape index (κ2) is 5.71. The van der Waals surface area contributed by atoms with Crippen molar-refractivity contribution < 1.29 is 13.2 Å². The monoisotopic (exact) mass is 300 g/mol. The Hall–Kier alpha value is -1.74. The third-order valence-electron chi connectivity index (χ3n) is 3.11. The summed E-state index contributed by atoms with van der Waals surface area (Å²) >= 11 is 0. The minimum absolute atomic E-state index is 0.150. The molecule has 1 amide bonds. The molecule has 1 aliphatic rings. The van der Waals surface area contributed by atoms with E-state index in [9.17, 15) is 18.0 Å². The van der Waals surface area contributed by atoms with Gasteiger partial charge in [-0.2, -0.15) is 5.10 Å². The average molecular weight is 300 g/mol.